The topological polar surface area (TPSA) is 45.6 Å². The molecule has 1 saturated heterocycles. The van der Waals surface area contributed by atoms with E-state index in [4.69, 9.17) is 4.74 Å². The molecule has 3 rings (SSSR count). The summed E-state index contributed by atoms with van der Waals surface area (Å²) in [5, 5.41) is 10.1. The number of para-hydroxylation sites is 1. The van der Waals surface area contributed by atoms with Crippen LogP contribution in [0.3, 0.4) is 0 Å². The third kappa shape index (κ3) is 3.15. The van der Waals surface area contributed by atoms with E-state index < -0.39 is 6.10 Å². The summed E-state index contributed by atoms with van der Waals surface area (Å²) in [6, 6.07) is 13.6. The van der Waals surface area contributed by atoms with Gasteiger partial charge in [0.1, 0.15) is 18.0 Å². The van der Waals surface area contributed by atoms with Crippen molar-refractivity contribution in [2.75, 3.05) is 13.1 Å². The molecular weight excluding hydrogens is 252 g/mol. The van der Waals surface area contributed by atoms with Gasteiger partial charge in [-0.2, -0.15) is 0 Å². The van der Waals surface area contributed by atoms with E-state index in [1.54, 1.807) is 6.20 Å². The average Bonchev–Trinajstić information content (AvgIpc) is 2.81. The zero-order chi connectivity index (χ0) is 13.8. The lowest BCUT2D eigenvalue weighted by molar-refractivity contribution is 0.0737. The van der Waals surface area contributed by atoms with Crippen LogP contribution in [-0.4, -0.2) is 40.3 Å². The zero-order valence-electron chi connectivity index (χ0n) is 11.2. The lowest BCUT2D eigenvalue weighted by Gasteiger charge is -2.17. The number of rotatable bonds is 4. The Morgan fingerprint density at radius 1 is 1.15 bits per heavy atom. The van der Waals surface area contributed by atoms with Gasteiger partial charge in [0.15, 0.2) is 0 Å². The van der Waals surface area contributed by atoms with E-state index in [9.17, 15) is 5.11 Å². The molecule has 4 nitrogen and oxygen atoms in total. The minimum absolute atomic E-state index is 0.172. The number of hydrogen-bond acceptors (Lipinski definition) is 4. The van der Waals surface area contributed by atoms with Crippen molar-refractivity contribution in [1.82, 2.24) is 9.88 Å². The third-order valence-corrected chi connectivity index (χ3v) is 3.47. The van der Waals surface area contributed by atoms with Gasteiger partial charge in [0.2, 0.25) is 0 Å². The van der Waals surface area contributed by atoms with E-state index in [0.29, 0.717) is 6.54 Å². The number of benzene rings is 1. The van der Waals surface area contributed by atoms with Crippen LogP contribution in [0.2, 0.25) is 0 Å². The highest BCUT2D eigenvalue weighted by molar-refractivity contribution is 5.21. The second-order valence-corrected chi connectivity index (χ2v) is 5.09. The highest BCUT2D eigenvalue weighted by Gasteiger charge is 2.32. The van der Waals surface area contributed by atoms with Crippen molar-refractivity contribution in [3.8, 4) is 5.75 Å². The maximum absolute atomic E-state index is 10.1. The van der Waals surface area contributed by atoms with Crippen molar-refractivity contribution in [2.24, 2.45) is 0 Å². The second-order valence-electron chi connectivity index (χ2n) is 5.09. The molecule has 4 heteroatoms. The average molecular weight is 270 g/mol. The maximum Gasteiger partial charge on any atom is 0.138 e. The zero-order valence-corrected chi connectivity index (χ0v) is 11.2. The van der Waals surface area contributed by atoms with E-state index in [-0.39, 0.29) is 6.10 Å². The molecule has 0 amide bonds. The van der Waals surface area contributed by atoms with Gasteiger partial charge in [-0.05, 0) is 23.8 Å². The maximum atomic E-state index is 10.1. The Balaban J connectivity index is 1.59. The number of nitrogens with zero attached hydrogens (tertiary/aromatic N) is 2. The Bertz CT molecular complexity index is 533. The molecule has 0 radical (unpaired) electrons. The Morgan fingerprint density at radius 2 is 2.00 bits per heavy atom. The summed E-state index contributed by atoms with van der Waals surface area (Å²) in [7, 11) is 0. The lowest BCUT2D eigenvalue weighted by atomic mass is 10.2. The molecule has 0 aliphatic carbocycles. The second kappa shape index (κ2) is 6.03. The Kier molecular flexibility index (Phi) is 3.95. The lowest BCUT2D eigenvalue weighted by Crippen LogP contribution is -2.29. The van der Waals surface area contributed by atoms with Gasteiger partial charge >= 0.3 is 0 Å². The molecule has 2 aromatic rings. The van der Waals surface area contributed by atoms with Crippen LogP contribution in [0, 0.1) is 0 Å². The Hall–Kier alpha value is -1.91. The number of hydrogen-bond donors (Lipinski definition) is 1. The standard InChI is InChI=1S/C16H18N2O2/c19-15-11-18(10-13-5-4-8-17-9-13)12-16(15)20-14-6-2-1-3-7-14/h1-9,15-16,19H,10-12H2/t15-,16-/m1/s1. The number of pyridine rings is 1. The van der Waals surface area contributed by atoms with Gasteiger partial charge in [-0.3, -0.25) is 9.88 Å². The summed E-state index contributed by atoms with van der Waals surface area (Å²) in [5.41, 5.74) is 1.15. The molecule has 1 aliphatic heterocycles. The van der Waals surface area contributed by atoms with Crippen molar-refractivity contribution in [3.05, 3.63) is 60.4 Å². The Morgan fingerprint density at radius 3 is 2.75 bits per heavy atom. The van der Waals surface area contributed by atoms with Gasteiger partial charge in [0.05, 0.1) is 0 Å². The molecule has 2 heterocycles. The monoisotopic (exact) mass is 270 g/mol. The number of ether oxygens (including phenoxy) is 1. The van der Waals surface area contributed by atoms with Gasteiger partial charge in [0.25, 0.3) is 0 Å². The summed E-state index contributed by atoms with van der Waals surface area (Å²) in [6.07, 6.45) is 3.00. The van der Waals surface area contributed by atoms with E-state index in [2.05, 4.69) is 9.88 Å². The quantitative estimate of drug-likeness (QED) is 0.918. The van der Waals surface area contributed by atoms with Gasteiger partial charge in [-0.1, -0.05) is 24.3 Å². The summed E-state index contributed by atoms with van der Waals surface area (Å²) in [5.74, 6) is 0.805. The number of β-amino-alcohol motifs (C(OH)–C–C–N with tert-alkyl or cyclic N) is 1. The normalized spacial score (nSPS) is 22.9. The minimum atomic E-state index is -0.452. The molecule has 1 fully saturated rings. The van der Waals surface area contributed by atoms with E-state index in [0.717, 1.165) is 24.4 Å². The molecule has 0 bridgehead atoms. The van der Waals surface area contributed by atoms with Gasteiger partial charge in [0, 0.05) is 32.0 Å². The molecule has 1 aliphatic rings. The molecule has 1 N–H and O–H groups in total. The van der Waals surface area contributed by atoms with E-state index in [1.807, 2.05) is 48.7 Å². The molecule has 20 heavy (non-hydrogen) atoms. The van der Waals surface area contributed by atoms with Crippen LogP contribution in [-0.2, 0) is 6.54 Å². The number of likely N-dealkylation sites (tertiary alicyclic amines) is 1. The molecule has 1 aromatic carbocycles. The molecule has 0 saturated carbocycles. The molecule has 1 aromatic heterocycles. The summed E-state index contributed by atoms with van der Waals surface area (Å²) in [6.45, 7) is 2.15. The van der Waals surface area contributed by atoms with Crippen LogP contribution in [0.15, 0.2) is 54.9 Å². The van der Waals surface area contributed by atoms with Gasteiger partial charge in [-0.15, -0.1) is 0 Å². The summed E-state index contributed by atoms with van der Waals surface area (Å²) in [4.78, 5) is 6.30. The van der Waals surface area contributed by atoms with E-state index in [1.165, 1.54) is 0 Å². The van der Waals surface area contributed by atoms with Crippen molar-refractivity contribution < 1.29 is 9.84 Å². The number of aliphatic hydroxyl groups excluding tert-OH is 1. The van der Waals surface area contributed by atoms with Gasteiger partial charge < -0.3 is 9.84 Å². The minimum Gasteiger partial charge on any atom is -0.486 e. The molecule has 0 spiro atoms. The van der Waals surface area contributed by atoms with Gasteiger partial charge in [-0.25, -0.2) is 0 Å². The number of aliphatic hydroxyl groups is 1. The fourth-order valence-electron chi connectivity index (χ4n) is 2.50. The fraction of sp³-hybridized carbons (Fsp3) is 0.312. The first kappa shape index (κ1) is 13.1. The fourth-order valence-corrected chi connectivity index (χ4v) is 2.50. The highest BCUT2D eigenvalue weighted by atomic mass is 16.5. The van der Waals surface area contributed by atoms with Crippen molar-refractivity contribution in [3.63, 3.8) is 0 Å². The predicted molar refractivity (Wildman–Crippen MR) is 76.4 cm³/mol. The number of aromatic nitrogens is 1. The first-order chi connectivity index (χ1) is 9.81. The van der Waals surface area contributed by atoms with Crippen LogP contribution < -0.4 is 4.74 Å². The molecule has 2 atom stereocenters. The molecule has 0 unspecified atom stereocenters. The molecule has 104 valence electrons. The summed E-state index contributed by atoms with van der Waals surface area (Å²) >= 11 is 0. The van der Waals surface area contributed by atoms with Crippen LogP contribution >= 0.6 is 0 Å². The van der Waals surface area contributed by atoms with Crippen molar-refractivity contribution >= 4 is 0 Å². The largest absolute Gasteiger partial charge is 0.486 e. The summed E-state index contributed by atoms with van der Waals surface area (Å²) < 4.78 is 5.85. The first-order valence-corrected chi connectivity index (χ1v) is 6.82. The third-order valence-electron chi connectivity index (χ3n) is 3.47. The van der Waals surface area contributed by atoms with E-state index >= 15 is 0 Å². The smallest absolute Gasteiger partial charge is 0.138 e. The van der Waals surface area contributed by atoms with Crippen LogP contribution in [0.5, 0.6) is 5.75 Å². The van der Waals surface area contributed by atoms with Crippen LogP contribution in [0.1, 0.15) is 5.56 Å². The van der Waals surface area contributed by atoms with Crippen LogP contribution in [0.4, 0.5) is 0 Å². The van der Waals surface area contributed by atoms with Crippen molar-refractivity contribution in [1.29, 1.82) is 0 Å². The highest BCUT2D eigenvalue weighted by Crippen LogP contribution is 2.19. The Labute approximate surface area is 118 Å². The SMILES string of the molecule is O[C@@H]1CN(Cc2cccnc2)C[C@H]1Oc1ccccc1. The van der Waals surface area contributed by atoms with Crippen molar-refractivity contribution in [2.45, 2.75) is 18.8 Å². The predicted octanol–water partition coefficient (Wildman–Crippen LogP) is 1.71. The first-order valence-electron chi connectivity index (χ1n) is 6.82. The molecular formula is C16H18N2O2. The van der Waals surface area contributed by atoms with Crippen LogP contribution in [0.25, 0.3) is 0 Å².